The zero-order chi connectivity index (χ0) is 13.0. The van der Waals surface area contributed by atoms with Crippen LogP contribution in [0.1, 0.15) is 23.2 Å². The molecule has 1 aromatic carbocycles. The third-order valence-electron chi connectivity index (χ3n) is 3.06. The fourth-order valence-electron chi connectivity index (χ4n) is 1.65. The lowest BCUT2D eigenvalue weighted by Crippen LogP contribution is -2.30. The molecular formula is C14H18FNO2. The van der Waals surface area contributed by atoms with Crippen LogP contribution in [0.2, 0.25) is 0 Å². The maximum Gasteiger partial charge on any atom is 0.253 e. The summed E-state index contributed by atoms with van der Waals surface area (Å²) < 4.78 is 18.2. The highest BCUT2D eigenvalue weighted by molar-refractivity contribution is 5.93. The van der Waals surface area contributed by atoms with Crippen LogP contribution in [0.15, 0.2) is 24.3 Å². The predicted octanol–water partition coefficient (Wildman–Crippen LogP) is 2.32. The Hall–Kier alpha value is -1.42. The van der Waals surface area contributed by atoms with E-state index in [4.69, 9.17) is 4.74 Å². The fraction of sp³-hybridized carbons (Fsp3) is 0.500. The van der Waals surface area contributed by atoms with Gasteiger partial charge in [-0.15, -0.1) is 0 Å². The van der Waals surface area contributed by atoms with Gasteiger partial charge < -0.3 is 9.64 Å². The van der Waals surface area contributed by atoms with E-state index in [1.807, 2.05) is 0 Å². The minimum absolute atomic E-state index is 0.106. The van der Waals surface area contributed by atoms with Gasteiger partial charge in [0.2, 0.25) is 0 Å². The van der Waals surface area contributed by atoms with E-state index in [0.29, 0.717) is 18.7 Å². The van der Waals surface area contributed by atoms with Crippen molar-refractivity contribution in [1.82, 2.24) is 4.90 Å². The summed E-state index contributed by atoms with van der Waals surface area (Å²) in [5.41, 5.74) is 0.501. The SMILES string of the molecule is CN(CCOCC1CC1)C(=O)c1ccc(F)cc1. The Morgan fingerprint density at radius 2 is 2.06 bits per heavy atom. The normalized spacial score (nSPS) is 14.6. The standard InChI is InChI=1S/C14H18FNO2/c1-16(8-9-18-10-11-2-3-11)14(17)12-4-6-13(15)7-5-12/h4-7,11H,2-3,8-10H2,1H3. The molecule has 0 saturated heterocycles. The van der Waals surface area contributed by atoms with Gasteiger partial charge in [-0.2, -0.15) is 0 Å². The Balaban J connectivity index is 1.74. The minimum atomic E-state index is -0.332. The van der Waals surface area contributed by atoms with Crippen molar-refractivity contribution in [1.29, 1.82) is 0 Å². The highest BCUT2D eigenvalue weighted by Gasteiger charge is 2.21. The van der Waals surface area contributed by atoms with E-state index in [0.717, 1.165) is 12.5 Å². The molecule has 3 nitrogen and oxygen atoms in total. The third kappa shape index (κ3) is 3.81. The second-order valence-corrected chi connectivity index (χ2v) is 4.75. The first-order valence-corrected chi connectivity index (χ1v) is 6.25. The summed E-state index contributed by atoms with van der Waals surface area (Å²) in [6.07, 6.45) is 2.54. The molecule has 2 rings (SSSR count). The average molecular weight is 251 g/mol. The Labute approximate surface area is 107 Å². The van der Waals surface area contributed by atoms with E-state index in [1.54, 1.807) is 11.9 Å². The molecule has 0 spiro atoms. The van der Waals surface area contributed by atoms with Crippen molar-refractivity contribution in [3.8, 4) is 0 Å². The predicted molar refractivity (Wildman–Crippen MR) is 66.9 cm³/mol. The molecule has 0 aromatic heterocycles. The van der Waals surface area contributed by atoms with Crippen molar-refractivity contribution in [2.45, 2.75) is 12.8 Å². The molecule has 0 bridgehead atoms. The highest BCUT2D eigenvalue weighted by atomic mass is 19.1. The lowest BCUT2D eigenvalue weighted by atomic mass is 10.2. The maximum atomic E-state index is 12.7. The van der Waals surface area contributed by atoms with Crippen LogP contribution >= 0.6 is 0 Å². The summed E-state index contributed by atoms with van der Waals surface area (Å²) in [4.78, 5) is 13.5. The van der Waals surface area contributed by atoms with Crippen molar-refractivity contribution >= 4 is 5.91 Å². The number of halogens is 1. The molecule has 1 aliphatic rings. The van der Waals surface area contributed by atoms with Crippen LogP contribution < -0.4 is 0 Å². The molecule has 0 heterocycles. The van der Waals surface area contributed by atoms with Gasteiger partial charge in [0.05, 0.1) is 6.61 Å². The van der Waals surface area contributed by atoms with Crippen molar-refractivity contribution < 1.29 is 13.9 Å². The van der Waals surface area contributed by atoms with Crippen molar-refractivity contribution in [3.63, 3.8) is 0 Å². The Morgan fingerprint density at radius 1 is 1.39 bits per heavy atom. The summed E-state index contributed by atoms with van der Waals surface area (Å²) in [5.74, 6) is 0.301. The van der Waals surface area contributed by atoms with E-state index in [9.17, 15) is 9.18 Å². The molecule has 0 unspecified atom stereocenters. The molecule has 0 N–H and O–H groups in total. The first kappa shape index (κ1) is 13.0. The van der Waals surface area contributed by atoms with Gasteiger partial charge in [-0.1, -0.05) is 0 Å². The molecule has 4 heteroatoms. The van der Waals surface area contributed by atoms with Crippen molar-refractivity contribution in [2.75, 3.05) is 26.8 Å². The largest absolute Gasteiger partial charge is 0.379 e. The van der Waals surface area contributed by atoms with Crippen LogP contribution in [-0.4, -0.2) is 37.6 Å². The van der Waals surface area contributed by atoms with Crippen molar-refractivity contribution in [3.05, 3.63) is 35.6 Å². The monoisotopic (exact) mass is 251 g/mol. The molecule has 0 aliphatic heterocycles. The van der Waals surface area contributed by atoms with Gasteiger partial charge in [-0.05, 0) is 43.0 Å². The first-order valence-electron chi connectivity index (χ1n) is 6.25. The quantitative estimate of drug-likeness (QED) is 0.726. The Bertz CT molecular complexity index is 401. The van der Waals surface area contributed by atoms with Crippen molar-refractivity contribution in [2.24, 2.45) is 5.92 Å². The van der Waals surface area contributed by atoms with Crippen LogP contribution in [0.4, 0.5) is 4.39 Å². The fourth-order valence-corrected chi connectivity index (χ4v) is 1.65. The molecule has 1 aliphatic carbocycles. The smallest absolute Gasteiger partial charge is 0.253 e. The molecule has 98 valence electrons. The van der Waals surface area contributed by atoms with Gasteiger partial charge in [0.15, 0.2) is 0 Å². The first-order chi connectivity index (χ1) is 8.66. The summed E-state index contributed by atoms with van der Waals surface area (Å²) in [5, 5.41) is 0. The number of carbonyl (C=O) groups is 1. The number of ether oxygens (including phenoxy) is 1. The number of nitrogens with zero attached hydrogens (tertiary/aromatic N) is 1. The number of carbonyl (C=O) groups excluding carboxylic acids is 1. The molecule has 1 aromatic rings. The number of benzene rings is 1. The average Bonchev–Trinajstić information content (AvgIpc) is 3.18. The number of hydrogen-bond donors (Lipinski definition) is 0. The third-order valence-corrected chi connectivity index (χ3v) is 3.06. The van der Waals surface area contributed by atoms with E-state index < -0.39 is 0 Å². The second-order valence-electron chi connectivity index (χ2n) is 4.75. The summed E-state index contributed by atoms with van der Waals surface area (Å²) >= 11 is 0. The molecular weight excluding hydrogens is 233 g/mol. The van der Waals surface area contributed by atoms with Crippen LogP contribution in [0.25, 0.3) is 0 Å². The zero-order valence-corrected chi connectivity index (χ0v) is 10.6. The van der Waals surface area contributed by atoms with Gasteiger partial charge in [0.1, 0.15) is 5.82 Å². The number of amides is 1. The molecule has 0 radical (unpaired) electrons. The van der Waals surface area contributed by atoms with Crippen LogP contribution in [0.5, 0.6) is 0 Å². The van der Waals surface area contributed by atoms with E-state index in [1.165, 1.54) is 37.1 Å². The van der Waals surface area contributed by atoms with Gasteiger partial charge >= 0.3 is 0 Å². The summed E-state index contributed by atoms with van der Waals surface area (Å²) in [6, 6.07) is 5.59. The summed E-state index contributed by atoms with van der Waals surface area (Å²) in [6.45, 7) is 1.92. The maximum absolute atomic E-state index is 12.7. The zero-order valence-electron chi connectivity index (χ0n) is 10.6. The molecule has 1 amide bonds. The van der Waals surface area contributed by atoms with Gasteiger partial charge in [0.25, 0.3) is 5.91 Å². The second kappa shape index (κ2) is 5.96. The van der Waals surface area contributed by atoms with E-state index >= 15 is 0 Å². The van der Waals surface area contributed by atoms with E-state index in [2.05, 4.69) is 0 Å². The number of hydrogen-bond acceptors (Lipinski definition) is 2. The van der Waals surface area contributed by atoms with Gasteiger partial charge in [-0.25, -0.2) is 4.39 Å². The lowest BCUT2D eigenvalue weighted by Gasteiger charge is -2.17. The molecule has 1 fully saturated rings. The van der Waals surface area contributed by atoms with Gasteiger partial charge in [-0.3, -0.25) is 4.79 Å². The molecule has 18 heavy (non-hydrogen) atoms. The molecule has 0 atom stereocenters. The van der Waals surface area contributed by atoms with E-state index in [-0.39, 0.29) is 11.7 Å². The van der Waals surface area contributed by atoms with Crippen LogP contribution in [0, 0.1) is 11.7 Å². The Morgan fingerprint density at radius 3 is 2.67 bits per heavy atom. The van der Waals surface area contributed by atoms with Crippen LogP contribution in [-0.2, 0) is 4.74 Å². The summed E-state index contributed by atoms with van der Waals surface area (Å²) in [7, 11) is 1.73. The molecule has 1 saturated carbocycles. The van der Waals surface area contributed by atoms with Gasteiger partial charge in [0, 0.05) is 25.8 Å². The van der Waals surface area contributed by atoms with Crippen LogP contribution in [0.3, 0.4) is 0 Å². The number of likely N-dealkylation sites (N-methyl/N-ethyl adjacent to an activating group) is 1. The lowest BCUT2D eigenvalue weighted by molar-refractivity contribution is 0.0681. The Kier molecular flexibility index (Phi) is 4.31. The number of rotatable bonds is 6. The highest BCUT2D eigenvalue weighted by Crippen LogP contribution is 2.28. The topological polar surface area (TPSA) is 29.5 Å². The minimum Gasteiger partial charge on any atom is -0.379 e.